The monoisotopic (exact) mass is 506 g/mol. The quantitative estimate of drug-likeness (QED) is 0.292. The molecule has 2 saturated heterocycles. The van der Waals surface area contributed by atoms with Crippen LogP contribution in [0.1, 0.15) is 77.7 Å². The number of amides is 2. The molecule has 2 fully saturated rings. The van der Waals surface area contributed by atoms with Crippen molar-refractivity contribution in [3.8, 4) is 0 Å². The highest BCUT2D eigenvalue weighted by atomic mass is 16.8. The van der Waals surface area contributed by atoms with Gasteiger partial charge in [-0.05, 0) is 38.0 Å². The minimum absolute atomic E-state index is 0.0608. The second kappa shape index (κ2) is 13.9. The van der Waals surface area contributed by atoms with E-state index in [0.29, 0.717) is 17.9 Å². The van der Waals surface area contributed by atoms with Crippen LogP contribution >= 0.6 is 0 Å². The Morgan fingerprint density at radius 1 is 0.972 bits per heavy atom. The lowest BCUT2D eigenvalue weighted by Crippen LogP contribution is -2.41. The zero-order valence-electron chi connectivity index (χ0n) is 21.8. The molecule has 2 amide bonds. The fourth-order valence-corrected chi connectivity index (χ4v) is 4.63. The summed E-state index contributed by atoms with van der Waals surface area (Å²) in [5.41, 5.74) is 1.23. The molecule has 0 bridgehead atoms. The van der Waals surface area contributed by atoms with E-state index in [1.54, 1.807) is 24.3 Å². The number of hydrogen-bond acceptors (Lipinski definition) is 6. The maximum absolute atomic E-state index is 12.4. The average Bonchev–Trinajstić information content (AvgIpc) is 3.30. The number of carboxylic acids is 1. The topological polar surface area (TPSA) is 115 Å². The van der Waals surface area contributed by atoms with Gasteiger partial charge in [-0.1, -0.05) is 64.0 Å². The van der Waals surface area contributed by atoms with Crippen LogP contribution in [-0.2, 0) is 30.2 Å². The number of fused-ring (bicyclic) bond motifs is 1. The second-order valence-corrected chi connectivity index (χ2v) is 10.1. The van der Waals surface area contributed by atoms with Crippen molar-refractivity contribution in [2.45, 2.75) is 109 Å². The van der Waals surface area contributed by atoms with E-state index in [9.17, 15) is 9.59 Å². The Morgan fingerprint density at radius 2 is 1.61 bits per heavy atom. The molecule has 0 saturated carbocycles. The van der Waals surface area contributed by atoms with E-state index in [2.05, 4.69) is 17.6 Å². The SMILES string of the molecule is CCCCCCCCCCO[C@H]1O[C@@H](CNC(=O)Nc2ccc(CC(=O)O)cc2)[C@@H]2OC(C)(C)O[C@H]12. The van der Waals surface area contributed by atoms with E-state index in [1.165, 1.54) is 38.5 Å². The third-order valence-corrected chi connectivity index (χ3v) is 6.42. The zero-order chi connectivity index (χ0) is 26.0. The minimum atomic E-state index is -0.898. The number of ether oxygens (including phenoxy) is 4. The molecule has 0 aliphatic carbocycles. The maximum atomic E-state index is 12.4. The summed E-state index contributed by atoms with van der Waals surface area (Å²) >= 11 is 0. The lowest BCUT2D eigenvalue weighted by molar-refractivity contribution is -0.232. The summed E-state index contributed by atoms with van der Waals surface area (Å²) in [6.45, 7) is 6.81. The smallest absolute Gasteiger partial charge is 0.319 e. The summed E-state index contributed by atoms with van der Waals surface area (Å²) in [7, 11) is 0. The predicted octanol–water partition coefficient (Wildman–Crippen LogP) is 4.84. The number of urea groups is 1. The first-order chi connectivity index (χ1) is 17.3. The van der Waals surface area contributed by atoms with Gasteiger partial charge in [0.05, 0.1) is 6.42 Å². The van der Waals surface area contributed by atoms with Gasteiger partial charge >= 0.3 is 12.0 Å². The first-order valence-corrected chi connectivity index (χ1v) is 13.3. The van der Waals surface area contributed by atoms with Gasteiger partial charge in [0, 0.05) is 18.8 Å². The van der Waals surface area contributed by atoms with E-state index in [1.807, 2.05) is 13.8 Å². The Morgan fingerprint density at radius 3 is 2.28 bits per heavy atom. The molecule has 2 aliphatic heterocycles. The van der Waals surface area contributed by atoms with Crippen molar-refractivity contribution in [2.24, 2.45) is 0 Å². The minimum Gasteiger partial charge on any atom is -0.481 e. The Hall–Kier alpha value is -2.20. The van der Waals surface area contributed by atoms with E-state index in [-0.39, 0.29) is 31.2 Å². The van der Waals surface area contributed by atoms with Gasteiger partial charge in [-0.2, -0.15) is 0 Å². The van der Waals surface area contributed by atoms with Gasteiger partial charge in [0.15, 0.2) is 12.1 Å². The molecule has 3 rings (SSSR count). The van der Waals surface area contributed by atoms with Crippen LogP contribution in [-0.4, -0.2) is 60.6 Å². The highest BCUT2D eigenvalue weighted by Gasteiger charge is 2.55. The van der Waals surface area contributed by atoms with Crippen molar-refractivity contribution in [1.29, 1.82) is 0 Å². The molecular formula is C27H42N2O7. The lowest BCUT2D eigenvalue weighted by Gasteiger charge is -2.24. The number of anilines is 1. The summed E-state index contributed by atoms with van der Waals surface area (Å²) < 4.78 is 24.2. The van der Waals surface area contributed by atoms with Crippen LogP contribution in [0.25, 0.3) is 0 Å². The second-order valence-electron chi connectivity index (χ2n) is 10.1. The van der Waals surface area contributed by atoms with E-state index >= 15 is 0 Å². The maximum Gasteiger partial charge on any atom is 0.319 e. The van der Waals surface area contributed by atoms with Gasteiger partial charge in [-0.3, -0.25) is 4.79 Å². The number of unbranched alkanes of at least 4 members (excludes halogenated alkanes) is 7. The van der Waals surface area contributed by atoms with Gasteiger partial charge in [0.2, 0.25) is 0 Å². The molecule has 4 atom stereocenters. The summed E-state index contributed by atoms with van der Waals surface area (Å²) in [5, 5.41) is 14.4. The third kappa shape index (κ3) is 9.03. The normalized spacial score (nSPS) is 24.4. The number of aliphatic carboxylic acids is 1. The molecule has 0 unspecified atom stereocenters. The van der Waals surface area contributed by atoms with E-state index < -0.39 is 24.2 Å². The van der Waals surface area contributed by atoms with Crippen LogP contribution in [0.15, 0.2) is 24.3 Å². The molecule has 2 aliphatic rings. The number of benzene rings is 1. The zero-order valence-corrected chi connectivity index (χ0v) is 21.8. The molecule has 0 radical (unpaired) electrons. The summed E-state index contributed by atoms with van der Waals surface area (Å²) in [6.07, 6.45) is 8.17. The highest BCUT2D eigenvalue weighted by molar-refractivity contribution is 5.89. The van der Waals surface area contributed by atoms with Crippen molar-refractivity contribution in [3.05, 3.63) is 29.8 Å². The number of hydrogen-bond donors (Lipinski definition) is 3. The predicted molar refractivity (Wildman–Crippen MR) is 136 cm³/mol. The molecular weight excluding hydrogens is 464 g/mol. The van der Waals surface area contributed by atoms with Gasteiger partial charge in [0.25, 0.3) is 0 Å². The van der Waals surface area contributed by atoms with Gasteiger partial charge in [-0.15, -0.1) is 0 Å². The van der Waals surface area contributed by atoms with Crippen molar-refractivity contribution >= 4 is 17.7 Å². The Labute approximate surface area is 214 Å². The first kappa shape index (κ1) is 28.4. The number of carbonyl (C=O) groups is 2. The summed E-state index contributed by atoms with van der Waals surface area (Å²) in [6, 6.07) is 6.31. The Bertz CT molecular complexity index is 830. The van der Waals surface area contributed by atoms with E-state index in [0.717, 1.165) is 12.8 Å². The number of carbonyl (C=O) groups excluding carboxylic acids is 1. The van der Waals surface area contributed by atoms with Crippen LogP contribution in [0.2, 0.25) is 0 Å². The summed E-state index contributed by atoms with van der Waals surface area (Å²) in [5.74, 6) is -1.64. The fraction of sp³-hybridized carbons (Fsp3) is 0.704. The van der Waals surface area contributed by atoms with Crippen LogP contribution in [0, 0.1) is 0 Å². The molecule has 0 aromatic heterocycles. The molecule has 9 heteroatoms. The molecule has 202 valence electrons. The molecule has 0 spiro atoms. The van der Waals surface area contributed by atoms with Gasteiger partial charge in [-0.25, -0.2) is 4.79 Å². The first-order valence-electron chi connectivity index (χ1n) is 13.3. The van der Waals surface area contributed by atoms with Crippen molar-refractivity contribution in [2.75, 3.05) is 18.5 Å². The van der Waals surface area contributed by atoms with Gasteiger partial charge < -0.3 is 34.7 Å². The lowest BCUT2D eigenvalue weighted by atomic mass is 10.1. The van der Waals surface area contributed by atoms with E-state index in [4.69, 9.17) is 24.1 Å². The average molecular weight is 507 g/mol. The Balaban J connectivity index is 1.40. The molecule has 1 aromatic rings. The van der Waals surface area contributed by atoms with Gasteiger partial charge in [0.1, 0.15) is 18.3 Å². The Kier molecular flexibility index (Phi) is 11.0. The third-order valence-electron chi connectivity index (χ3n) is 6.42. The van der Waals surface area contributed by atoms with Crippen LogP contribution in [0.5, 0.6) is 0 Å². The molecule has 2 heterocycles. The number of rotatable bonds is 15. The molecule has 3 N–H and O–H groups in total. The van der Waals surface area contributed by atoms with Crippen LogP contribution in [0.3, 0.4) is 0 Å². The standard InChI is InChI=1S/C27H42N2O7/c1-4-5-6-7-8-9-10-11-16-33-25-24-23(35-27(2,3)36-24)21(34-25)18-28-26(32)29-20-14-12-19(13-15-20)17-22(30)31/h12-15,21,23-25H,4-11,16-18H2,1-3H3,(H,30,31)(H2,28,29,32)/t21-,23-,24-,25-/m0/s1. The van der Waals surface area contributed by atoms with Crippen LogP contribution in [0.4, 0.5) is 10.5 Å². The van der Waals surface area contributed by atoms with Crippen LogP contribution < -0.4 is 10.6 Å². The number of carboxylic acid groups (broad SMARTS) is 1. The molecule has 9 nitrogen and oxygen atoms in total. The van der Waals surface area contributed by atoms with Crippen molar-refractivity contribution in [3.63, 3.8) is 0 Å². The molecule has 1 aromatic carbocycles. The fourth-order valence-electron chi connectivity index (χ4n) is 4.63. The largest absolute Gasteiger partial charge is 0.481 e. The number of nitrogens with one attached hydrogen (secondary N) is 2. The highest BCUT2D eigenvalue weighted by Crippen LogP contribution is 2.39. The van der Waals surface area contributed by atoms with Crippen molar-refractivity contribution < 1.29 is 33.6 Å². The molecule has 36 heavy (non-hydrogen) atoms. The summed E-state index contributed by atoms with van der Waals surface area (Å²) in [4.78, 5) is 23.2. The van der Waals surface area contributed by atoms with Crippen molar-refractivity contribution in [1.82, 2.24) is 5.32 Å².